The first-order valence-electron chi connectivity index (χ1n) is 6.52. The molecule has 0 aliphatic rings. The number of aryl methyl sites for hydroxylation is 1. The summed E-state index contributed by atoms with van der Waals surface area (Å²) in [6, 6.07) is -0.0653. The van der Waals surface area contributed by atoms with Crippen LogP contribution < -0.4 is 5.32 Å². The van der Waals surface area contributed by atoms with E-state index in [1.807, 2.05) is 44.9 Å². The lowest BCUT2D eigenvalue weighted by molar-refractivity contribution is -0.131. The quantitative estimate of drug-likeness (QED) is 0.833. The third-order valence-electron chi connectivity index (χ3n) is 3.20. The molecule has 0 aliphatic heterocycles. The highest BCUT2D eigenvalue weighted by Gasteiger charge is 2.19. The van der Waals surface area contributed by atoms with E-state index in [0.717, 1.165) is 18.7 Å². The molecular formula is C13H24N4O. The number of carbonyl (C=O) groups is 1. The van der Waals surface area contributed by atoms with Crippen LogP contribution in [0.25, 0.3) is 0 Å². The molecule has 1 N–H and O–H groups in total. The van der Waals surface area contributed by atoms with Crippen LogP contribution in [0.1, 0.15) is 39.3 Å². The fraction of sp³-hybridized carbons (Fsp3) is 0.692. The molecule has 1 amide bonds. The lowest BCUT2D eigenvalue weighted by Gasteiger charge is -2.23. The van der Waals surface area contributed by atoms with Crippen molar-refractivity contribution in [3.05, 3.63) is 18.0 Å². The van der Waals surface area contributed by atoms with Crippen molar-refractivity contribution < 1.29 is 4.79 Å². The van der Waals surface area contributed by atoms with Crippen LogP contribution in [0.15, 0.2) is 12.4 Å². The van der Waals surface area contributed by atoms with Crippen LogP contribution in [-0.2, 0) is 11.3 Å². The fourth-order valence-electron chi connectivity index (χ4n) is 1.81. The molecule has 0 aromatic carbocycles. The van der Waals surface area contributed by atoms with Crippen molar-refractivity contribution in [2.45, 2.75) is 46.3 Å². The molecule has 1 rings (SSSR count). The molecule has 0 spiro atoms. The first kappa shape index (κ1) is 14.7. The number of likely N-dealkylation sites (N-methyl/N-ethyl adjacent to an activating group) is 1. The Morgan fingerprint density at radius 3 is 2.67 bits per heavy atom. The summed E-state index contributed by atoms with van der Waals surface area (Å²) in [6.07, 6.45) is 3.86. The number of carbonyl (C=O) groups excluding carboxylic acids is 1. The molecule has 0 aliphatic carbocycles. The number of hydrogen-bond acceptors (Lipinski definition) is 3. The fourth-order valence-corrected chi connectivity index (χ4v) is 1.81. The van der Waals surface area contributed by atoms with Crippen molar-refractivity contribution in [2.75, 3.05) is 13.6 Å². The number of aromatic nitrogens is 2. The molecule has 1 heterocycles. The van der Waals surface area contributed by atoms with Gasteiger partial charge < -0.3 is 4.90 Å². The van der Waals surface area contributed by atoms with Gasteiger partial charge in [0, 0.05) is 37.9 Å². The maximum Gasteiger partial charge on any atom is 0.239 e. The third kappa shape index (κ3) is 3.57. The van der Waals surface area contributed by atoms with E-state index in [2.05, 4.69) is 17.3 Å². The van der Waals surface area contributed by atoms with Gasteiger partial charge in [0.15, 0.2) is 0 Å². The van der Waals surface area contributed by atoms with E-state index in [4.69, 9.17) is 0 Å². The molecule has 5 nitrogen and oxygen atoms in total. The van der Waals surface area contributed by atoms with Gasteiger partial charge in [0.1, 0.15) is 0 Å². The summed E-state index contributed by atoms with van der Waals surface area (Å²) in [7, 11) is 1.82. The van der Waals surface area contributed by atoms with Crippen LogP contribution >= 0.6 is 0 Å². The zero-order valence-corrected chi connectivity index (χ0v) is 12.0. The van der Waals surface area contributed by atoms with Crippen LogP contribution in [0.2, 0.25) is 0 Å². The van der Waals surface area contributed by atoms with Crippen molar-refractivity contribution >= 4 is 5.91 Å². The average Bonchev–Trinajstić information content (AvgIpc) is 2.85. The van der Waals surface area contributed by atoms with Gasteiger partial charge in [-0.05, 0) is 27.7 Å². The van der Waals surface area contributed by atoms with E-state index in [0.29, 0.717) is 0 Å². The van der Waals surface area contributed by atoms with Gasteiger partial charge in [0.05, 0.1) is 12.2 Å². The van der Waals surface area contributed by atoms with Crippen LogP contribution in [-0.4, -0.2) is 40.2 Å². The Morgan fingerprint density at radius 1 is 1.50 bits per heavy atom. The number of nitrogens with zero attached hydrogens (tertiary/aromatic N) is 3. The number of nitrogens with one attached hydrogen (secondary N) is 1. The Morgan fingerprint density at radius 2 is 2.17 bits per heavy atom. The van der Waals surface area contributed by atoms with Crippen LogP contribution in [0.5, 0.6) is 0 Å². The van der Waals surface area contributed by atoms with Gasteiger partial charge in [-0.15, -0.1) is 0 Å². The molecule has 1 aromatic heterocycles. The summed E-state index contributed by atoms with van der Waals surface area (Å²) in [4.78, 5) is 13.7. The van der Waals surface area contributed by atoms with Gasteiger partial charge in [-0.25, -0.2) is 0 Å². The maximum atomic E-state index is 11.9. The second-order valence-corrected chi connectivity index (χ2v) is 4.59. The molecule has 2 atom stereocenters. The van der Waals surface area contributed by atoms with Crippen molar-refractivity contribution in [3.8, 4) is 0 Å². The molecule has 1 aromatic rings. The van der Waals surface area contributed by atoms with Gasteiger partial charge >= 0.3 is 0 Å². The summed E-state index contributed by atoms with van der Waals surface area (Å²) in [6.45, 7) is 9.56. The zero-order valence-electron chi connectivity index (χ0n) is 12.0. The minimum atomic E-state index is -0.185. The third-order valence-corrected chi connectivity index (χ3v) is 3.20. The molecule has 0 saturated carbocycles. The lowest BCUT2D eigenvalue weighted by Crippen LogP contribution is -2.43. The molecule has 102 valence electrons. The van der Waals surface area contributed by atoms with E-state index < -0.39 is 0 Å². The smallest absolute Gasteiger partial charge is 0.239 e. The highest BCUT2D eigenvalue weighted by Crippen LogP contribution is 2.12. The van der Waals surface area contributed by atoms with Crippen molar-refractivity contribution in [3.63, 3.8) is 0 Å². The van der Waals surface area contributed by atoms with E-state index in [9.17, 15) is 4.79 Å². The van der Waals surface area contributed by atoms with E-state index >= 15 is 0 Å². The van der Waals surface area contributed by atoms with Gasteiger partial charge in [0.2, 0.25) is 5.91 Å². The minimum absolute atomic E-state index is 0.118. The standard InChI is InChI=1S/C13H24N4O/c1-6-16(5)13(18)11(4)15-10(3)12-8-14-17(7-2)9-12/h8-11,15H,6-7H2,1-5H3. The predicted octanol–water partition coefficient (Wildman–Crippen LogP) is 1.42. The summed E-state index contributed by atoms with van der Waals surface area (Å²) in [5.41, 5.74) is 1.11. The molecule has 0 radical (unpaired) electrons. The van der Waals surface area contributed by atoms with Gasteiger partial charge in [-0.1, -0.05) is 0 Å². The molecule has 0 saturated heterocycles. The SMILES string of the molecule is CCN(C)C(=O)C(C)NC(C)c1cnn(CC)c1. The van der Waals surface area contributed by atoms with Gasteiger partial charge in [-0.3, -0.25) is 14.8 Å². The summed E-state index contributed by atoms with van der Waals surface area (Å²) in [5, 5.41) is 7.54. The first-order chi connectivity index (χ1) is 8.49. The summed E-state index contributed by atoms with van der Waals surface area (Å²) in [5.74, 6) is 0.118. The Bertz CT molecular complexity index is 388. The Balaban J connectivity index is 2.58. The van der Waals surface area contributed by atoms with Crippen LogP contribution in [0.3, 0.4) is 0 Å². The minimum Gasteiger partial charge on any atom is -0.345 e. The number of hydrogen-bond donors (Lipinski definition) is 1. The molecule has 18 heavy (non-hydrogen) atoms. The van der Waals surface area contributed by atoms with Crippen LogP contribution in [0.4, 0.5) is 0 Å². The van der Waals surface area contributed by atoms with Crippen molar-refractivity contribution in [1.29, 1.82) is 0 Å². The lowest BCUT2D eigenvalue weighted by atomic mass is 10.1. The van der Waals surface area contributed by atoms with E-state index in [1.165, 1.54) is 0 Å². The Labute approximate surface area is 109 Å². The monoisotopic (exact) mass is 252 g/mol. The van der Waals surface area contributed by atoms with E-state index in [1.54, 1.807) is 4.90 Å². The molecule has 0 bridgehead atoms. The second kappa shape index (κ2) is 6.54. The second-order valence-electron chi connectivity index (χ2n) is 4.59. The number of rotatable bonds is 6. The highest BCUT2D eigenvalue weighted by atomic mass is 16.2. The van der Waals surface area contributed by atoms with Crippen molar-refractivity contribution in [1.82, 2.24) is 20.0 Å². The first-order valence-corrected chi connectivity index (χ1v) is 6.52. The summed E-state index contributed by atoms with van der Waals surface area (Å²) >= 11 is 0. The molecule has 0 fully saturated rings. The van der Waals surface area contributed by atoms with Gasteiger partial charge in [0.25, 0.3) is 0 Å². The number of amides is 1. The molecule has 2 unspecified atom stereocenters. The van der Waals surface area contributed by atoms with Gasteiger partial charge in [-0.2, -0.15) is 5.10 Å². The normalized spacial score (nSPS) is 14.3. The Hall–Kier alpha value is -1.36. The average molecular weight is 252 g/mol. The topological polar surface area (TPSA) is 50.2 Å². The zero-order chi connectivity index (χ0) is 13.7. The molecular weight excluding hydrogens is 228 g/mol. The highest BCUT2D eigenvalue weighted by molar-refractivity contribution is 5.81. The molecule has 5 heteroatoms. The van der Waals surface area contributed by atoms with E-state index in [-0.39, 0.29) is 18.0 Å². The maximum absolute atomic E-state index is 11.9. The van der Waals surface area contributed by atoms with Crippen LogP contribution in [0, 0.1) is 0 Å². The predicted molar refractivity (Wildman–Crippen MR) is 72.2 cm³/mol. The largest absolute Gasteiger partial charge is 0.345 e. The Kier molecular flexibility index (Phi) is 5.34. The summed E-state index contributed by atoms with van der Waals surface area (Å²) < 4.78 is 1.89. The van der Waals surface area contributed by atoms with Crippen molar-refractivity contribution in [2.24, 2.45) is 0 Å².